The summed E-state index contributed by atoms with van der Waals surface area (Å²) in [7, 11) is 0. The highest BCUT2D eigenvalue weighted by molar-refractivity contribution is 5.13. The fourth-order valence-electron chi connectivity index (χ4n) is 2.91. The van der Waals surface area contributed by atoms with Gasteiger partial charge in [0.05, 0.1) is 25.4 Å². The van der Waals surface area contributed by atoms with Crippen molar-refractivity contribution in [2.24, 2.45) is 5.92 Å². The summed E-state index contributed by atoms with van der Waals surface area (Å²) in [4.78, 5) is 0. The second-order valence-electron chi connectivity index (χ2n) is 5.84. The molecule has 0 bridgehead atoms. The predicted octanol–water partition coefficient (Wildman–Crippen LogP) is 2.90. The minimum absolute atomic E-state index is 0.249. The van der Waals surface area contributed by atoms with Crippen LogP contribution in [0.5, 0.6) is 0 Å². The van der Waals surface area contributed by atoms with Crippen LogP contribution in [0.4, 0.5) is 0 Å². The normalized spacial score (nSPS) is 19.1. The van der Waals surface area contributed by atoms with Gasteiger partial charge >= 0.3 is 0 Å². The number of aliphatic hydroxyl groups is 2. The Morgan fingerprint density at radius 2 is 1.75 bits per heavy atom. The van der Waals surface area contributed by atoms with Crippen LogP contribution in [-0.2, 0) is 11.3 Å². The standard InChI is InChI=1S/C17H26O3/c18-16(10-11-17(19)15-8-4-5-9-15)13-20-12-14-6-2-1-3-7-14/h1-3,6-7,15-19H,4-5,8-13H2. The van der Waals surface area contributed by atoms with Crippen LogP contribution in [0, 0.1) is 5.92 Å². The highest BCUT2D eigenvalue weighted by Gasteiger charge is 2.23. The molecule has 0 aromatic heterocycles. The Kier molecular flexibility index (Phi) is 6.51. The minimum Gasteiger partial charge on any atom is -0.393 e. The number of ether oxygens (including phenoxy) is 1. The lowest BCUT2D eigenvalue weighted by Crippen LogP contribution is -2.22. The van der Waals surface area contributed by atoms with E-state index in [0.29, 0.717) is 32.0 Å². The lowest BCUT2D eigenvalue weighted by molar-refractivity contribution is 0.0114. The maximum Gasteiger partial charge on any atom is 0.0774 e. The van der Waals surface area contributed by atoms with Gasteiger partial charge in [-0.1, -0.05) is 43.2 Å². The van der Waals surface area contributed by atoms with Crippen molar-refractivity contribution in [2.45, 2.75) is 57.3 Å². The maximum atomic E-state index is 10.0. The van der Waals surface area contributed by atoms with Gasteiger partial charge in [-0.3, -0.25) is 0 Å². The second kappa shape index (κ2) is 8.40. The van der Waals surface area contributed by atoms with Crippen molar-refractivity contribution in [2.75, 3.05) is 6.61 Å². The van der Waals surface area contributed by atoms with E-state index >= 15 is 0 Å². The summed E-state index contributed by atoms with van der Waals surface area (Å²) in [5.41, 5.74) is 1.12. The zero-order valence-corrected chi connectivity index (χ0v) is 12.1. The molecule has 0 spiro atoms. The van der Waals surface area contributed by atoms with Crippen molar-refractivity contribution in [1.29, 1.82) is 0 Å². The Labute approximate surface area is 121 Å². The summed E-state index contributed by atoms with van der Waals surface area (Å²) in [6.45, 7) is 0.870. The van der Waals surface area contributed by atoms with Crippen molar-refractivity contribution in [3.8, 4) is 0 Å². The van der Waals surface area contributed by atoms with Crippen LogP contribution in [0.2, 0.25) is 0 Å². The van der Waals surface area contributed by atoms with Gasteiger partial charge in [0.2, 0.25) is 0 Å². The fraction of sp³-hybridized carbons (Fsp3) is 0.647. The van der Waals surface area contributed by atoms with E-state index in [4.69, 9.17) is 4.74 Å². The van der Waals surface area contributed by atoms with Gasteiger partial charge in [0.1, 0.15) is 0 Å². The van der Waals surface area contributed by atoms with Crippen molar-refractivity contribution in [3.05, 3.63) is 35.9 Å². The summed E-state index contributed by atoms with van der Waals surface area (Å²) in [6.07, 6.45) is 5.34. The molecule has 1 aliphatic carbocycles. The smallest absolute Gasteiger partial charge is 0.0774 e. The molecule has 1 saturated carbocycles. The molecule has 1 fully saturated rings. The van der Waals surface area contributed by atoms with Gasteiger partial charge in [-0.25, -0.2) is 0 Å². The number of benzene rings is 1. The molecular weight excluding hydrogens is 252 g/mol. The molecule has 2 N–H and O–H groups in total. The molecule has 0 saturated heterocycles. The van der Waals surface area contributed by atoms with E-state index in [2.05, 4.69) is 0 Å². The molecule has 0 heterocycles. The third-order valence-corrected chi connectivity index (χ3v) is 4.16. The van der Waals surface area contributed by atoms with Gasteiger partial charge in [0, 0.05) is 0 Å². The lowest BCUT2D eigenvalue weighted by Gasteiger charge is -2.19. The molecule has 112 valence electrons. The minimum atomic E-state index is -0.477. The molecule has 0 radical (unpaired) electrons. The Bertz CT molecular complexity index is 360. The van der Waals surface area contributed by atoms with Gasteiger partial charge in [-0.15, -0.1) is 0 Å². The first-order valence-electron chi connectivity index (χ1n) is 7.73. The fourth-order valence-corrected chi connectivity index (χ4v) is 2.91. The number of rotatable bonds is 8. The molecule has 20 heavy (non-hydrogen) atoms. The SMILES string of the molecule is OC(CCC(O)C1CCCC1)COCc1ccccc1. The van der Waals surface area contributed by atoms with Crippen LogP contribution in [0.1, 0.15) is 44.1 Å². The molecule has 0 aliphatic heterocycles. The lowest BCUT2D eigenvalue weighted by atomic mass is 9.96. The average molecular weight is 278 g/mol. The number of hydrogen-bond acceptors (Lipinski definition) is 3. The summed E-state index contributed by atoms with van der Waals surface area (Å²) in [5, 5.41) is 19.9. The zero-order chi connectivity index (χ0) is 14.2. The Hall–Kier alpha value is -0.900. The van der Waals surface area contributed by atoms with Crippen LogP contribution in [0.25, 0.3) is 0 Å². The van der Waals surface area contributed by atoms with E-state index in [-0.39, 0.29) is 6.10 Å². The molecule has 2 atom stereocenters. The van der Waals surface area contributed by atoms with E-state index in [0.717, 1.165) is 18.4 Å². The van der Waals surface area contributed by atoms with E-state index in [1.54, 1.807) is 0 Å². The van der Waals surface area contributed by atoms with Crippen LogP contribution in [-0.4, -0.2) is 29.0 Å². The molecule has 2 rings (SSSR count). The molecule has 1 aliphatic rings. The summed E-state index contributed by atoms with van der Waals surface area (Å²) < 4.78 is 5.51. The van der Waals surface area contributed by atoms with Crippen molar-refractivity contribution < 1.29 is 14.9 Å². The predicted molar refractivity (Wildman–Crippen MR) is 79.3 cm³/mol. The highest BCUT2D eigenvalue weighted by Crippen LogP contribution is 2.29. The summed E-state index contributed by atoms with van der Waals surface area (Å²) in [6, 6.07) is 9.95. The van der Waals surface area contributed by atoms with Gasteiger partial charge < -0.3 is 14.9 Å². The van der Waals surface area contributed by atoms with Gasteiger partial charge in [0.25, 0.3) is 0 Å². The molecular formula is C17H26O3. The van der Waals surface area contributed by atoms with Crippen molar-refractivity contribution >= 4 is 0 Å². The highest BCUT2D eigenvalue weighted by atomic mass is 16.5. The quantitative estimate of drug-likeness (QED) is 0.768. The third-order valence-electron chi connectivity index (χ3n) is 4.16. The summed E-state index contributed by atoms with van der Waals surface area (Å²) in [5.74, 6) is 0.451. The van der Waals surface area contributed by atoms with Crippen LogP contribution < -0.4 is 0 Å². The van der Waals surface area contributed by atoms with Crippen molar-refractivity contribution in [3.63, 3.8) is 0 Å². The van der Waals surface area contributed by atoms with Crippen molar-refractivity contribution in [1.82, 2.24) is 0 Å². The van der Waals surface area contributed by atoms with E-state index < -0.39 is 6.10 Å². The van der Waals surface area contributed by atoms with Crippen LogP contribution in [0.3, 0.4) is 0 Å². The van der Waals surface area contributed by atoms with Gasteiger partial charge in [-0.05, 0) is 37.2 Å². The average Bonchev–Trinajstić information content (AvgIpc) is 3.00. The van der Waals surface area contributed by atoms with Crippen LogP contribution >= 0.6 is 0 Å². The Morgan fingerprint density at radius 1 is 1.05 bits per heavy atom. The van der Waals surface area contributed by atoms with E-state index in [1.165, 1.54) is 12.8 Å². The first-order chi connectivity index (χ1) is 9.75. The molecule has 3 nitrogen and oxygen atoms in total. The Morgan fingerprint density at radius 3 is 2.45 bits per heavy atom. The molecule has 0 amide bonds. The number of hydrogen-bond donors (Lipinski definition) is 2. The van der Waals surface area contributed by atoms with E-state index in [1.807, 2.05) is 30.3 Å². The largest absolute Gasteiger partial charge is 0.393 e. The first kappa shape index (κ1) is 15.5. The monoisotopic (exact) mass is 278 g/mol. The molecule has 1 aromatic carbocycles. The molecule has 3 heteroatoms. The van der Waals surface area contributed by atoms with Gasteiger partial charge in [-0.2, -0.15) is 0 Å². The third kappa shape index (κ3) is 5.23. The summed E-state index contributed by atoms with van der Waals surface area (Å²) >= 11 is 0. The topological polar surface area (TPSA) is 49.7 Å². The zero-order valence-electron chi connectivity index (χ0n) is 12.1. The molecule has 2 unspecified atom stereocenters. The van der Waals surface area contributed by atoms with Crippen LogP contribution in [0.15, 0.2) is 30.3 Å². The molecule has 1 aromatic rings. The number of aliphatic hydroxyl groups excluding tert-OH is 2. The second-order valence-corrected chi connectivity index (χ2v) is 5.84. The Balaban J connectivity index is 1.57. The van der Waals surface area contributed by atoms with Gasteiger partial charge in [0.15, 0.2) is 0 Å². The first-order valence-corrected chi connectivity index (χ1v) is 7.73. The maximum absolute atomic E-state index is 10.0. The van der Waals surface area contributed by atoms with E-state index in [9.17, 15) is 10.2 Å².